The average Bonchev–Trinajstić information content (AvgIpc) is 2.45. The zero-order valence-corrected chi connectivity index (χ0v) is 12.0. The highest BCUT2D eigenvalue weighted by Crippen LogP contribution is 2.20. The van der Waals surface area contributed by atoms with Gasteiger partial charge in [-0.2, -0.15) is 0 Å². The number of hydrogen-bond acceptors (Lipinski definition) is 2. The van der Waals surface area contributed by atoms with Crippen LogP contribution in [0.15, 0.2) is 48.5 Å². The number of rotatable bonds is 6. The van der Waals surface area contributed by atoms with Crippen molar-refractivity contribution < 1.29 is 4.39 Å². The molecule has 0 aliphatic rings. The summed E-state index contributed by atoms with van der Waals surface area (Å²) in [6.07, 6.45) is 0. The zero-order valence-electron chi connectivity index (χ0n) is 11.2. The molecule has 0 spiro atoms. The summed E-state index contributed by atoms with van der Waals surface area (Å²) in [5.41, 5.74) is 7.43. The van der Waals surface area contributed by atoms with Gasteiger partial charge in [0.2, 0.25) is 0 Å². The van der Waals surface area contributed by atoms with Crippen molar-refractivity contribution in [2.75, 3.05) is 13.1 Å². The molecule has 0 aromatic heterocycles. The molecule has 0 aliphatic heterocycles. The van der Waals surface area contributed by atoms with E-state index in [0.717, 1.165) is 6.54 Å². The van der Waals surface area contributed by atoms with E-state index >= 15 is 0 Å². The Morgan fingerprint density at radius 1 is 1.00 bits per heavy atom. The first-order chi connectivity index (χ1) is 9.70. The number of nitrogens with two attached hydrogens (primary N) is 1. The van der Waals surface area contributed by atoms with Crippen molar-refractivity contribution in [3.05, 3.63) is 70.5 Å². The Balaban J connectivity index is 2.11. The molecule has 106 valence electrons. The normalized spacial score (nSPS) is 11.0. The molecule has 0 amide bonds. The van der Waals surface area contributed by atoms with Gasteiger partial charge in [0.15, 0.2) is 0 Å². The summed E-state index contributed by atoms with van der Waals surface area (Å²) in [7, 11) is 0. The minimum absolute atomic E-state index is 0.162. The Kier molecular flexibility index (Phi) is 5.53. The second-order valence-electron chi connectivity index (χ2n) is 4.70. The highest BCUT2D eigenvalue weighted by atomic mass is 35.5. The second kappa shape index (κ2) is 7.39. The molecule has 2 rings (SSSR count). The van der Waals surface area contributed by atoms with Crippen molar-refractivity contribution in [2.45, 2.75) is 13.1 Å². The summed E-state index contributed by atoms with van der Waals surface area (Å²) in [5.74, 6) is -0.343. The van der Waals surface area contributed by atoms with E-state index in [1.165, 1.54) is 5.56 Å². The van der Waals surface area contributed by atoms with Gasteiger partial charge in [-0.25, -0.2) is 4.39 Å². The van der Waals surface area contributed by atoms with Gasteiger partial charge in [0.1, 0.15) is 5.82 Å². The number of benzene rings is 2. The molecular weight excluding hydrogens is 275 g/mol. The summed E-state index contributed by atoms with van der Waals surface area (Å²) in [6.45, 7) is 2.48. The van der Waals surface area contributed by atoms with Crippen LogP contribution in [0.5, 0.6) is 0 Å². The quantitative estimate of drug-likeness (QED) is 0.884. The molecule has 0 atom stereocenters. The highest BCUT2D eigenvalue weighted by molar-refractivity contribution is 6.30. The van der Waals surface area contributed by atoms with Gasteiger partial charge in [0, 0.05) is 31.7 Å². The van der Waals surface area contributed by atoms with Crippen LogP contribution in [0.2, 0.25) is 5.02 Å². The SMILES string of the molecule is NCCN(Cc1ccccc1)Cc1cccc(Cl)c1F. The van der Waals surface area contributed by atoms with Crippen molar-refractivity contribution >= 4 is 11.6 Å². The lowest BCUT2D eigenvalue weighted by atomic mass is 10.1. The molecule has 0 heterocycles. The topological polar surface area (TPSA) is 29.3 Å². The van der Waals surface area contributed by atoms with E-state index in [2.05, 4.69) is 17.0 Å². The Hall–Kier alpha value is -1.42. The molecule has 0 saturated heterocycles. The Morgan fingerprint density at radius 2 is 1.75 bits per heavy atom. The fourth-order valence-corrected chi connectivity index (χ4v) is 2.34. The summed E-state index contributed by atoms with van der Waals surface area (Å²) in [6, 6.07) is 15.2. The number of hydrogen-bond donors (Lipinski definition) is 1. The highest BCUT2D eigenvalue weighted by Gasteiger charge is 2.11. The molecule has 0 unspecified atom stereocenters. The van der Waals surface area contributed by atoms with Crippen LogP contribution in [-0.4, -0.2) is 18.0 Å². The average molecular weight is 293 g/mol. The van der Waals surface area contributed by atoms with E-state index in [4.69, 9.17) is 17.3 Å². The Bertz CT molecular complexity index is 545. The van der Waals surface area contributed by atoms with Gasteiger partial charge in [-0.05, 0) is 11.6 Å². The van der Waals surface area contributed by atoms with Gasteiger partial charge < -0.3 is 5.73 Å². The summed E-state index contributed by atoms with van der Waals surface area (Å²) < 4.78 is 14.0. The molecule has 0 bridgehead atoms. The van der Waals surface area contributed by atoms with Crippen LogP contribution in [0.1, 0.15) is 11.1 Å². The third-order valence-electron chi connectivity index (χ3n) is 3.12. The Morgan fingerprint density at radius 3 is 2.45 bits per heavy atom. The minimum atomic E-state index is -0.343. The predicted octanol–water partition coefficient (Wildman–Crippen LogP) is 3.44. The molecule has 4 heteroatoms. The van der Waals surface area contributed by atoms with Crippen LogP contribution in [0, 0.1) is 5.82 Å². The van der Waals surface area contributed by atoms with Crippen molar-refractivity contribution in [3.63, 3.8) is 0 Å². The van der Waals surface area contributed by atoms with Gasteiger partial charge in [0.25, 0.3) is 0 Å². The molecule has 0 fully saturated rings. The van der Waals surface area contributed by atoms with E-state index < -0.39 is 0 Å². The fraction of sp³-hybridized carbons (Fsp3) is 0.250. The van der Waals surface area contributed by atoms with Crippen LogP contribution in [0.3, 0.4) is 0 Å². The van der Waals surface area contributed by atoms with Gasteiger partial charge in [-0.1, -0.05) is 54.1 Å². The van der Waals surface area contributed by atoms with Crippen LogP contribution in [0.25, 0.3) is 0 Å². The molecule has 0 aliphatic carbocycles. The first kappa shape index (κ1) is 15.0. The standard InChI is InChI=1S/C16H18ClFN2/c17-15-8-4-7-14(16(15)18)12-20(10-9-19)11-13-5-2-1-3-6-13/h1-8H,9-12,19H2. The molecule has 0 saturated carbocycles. The van der Waals surface area contributed by atoms with Crippen molar-refractivity contribution in [1.29, 1.82) is 0 Å². The maximum Gasteiger partial charge on any atom is 0.146 e. The number of halogens is 2. The van der Waals surface area contributed by atoms with Crippen molar-refractivity contribution in [3.8, 4) is 0 Å². The van der Waals surface area contributed by atoms with Crippen LogP contribution >= 0.6 is 11.6 Å². The molecule has 20 heavy (non-hydrogen) atoms. The van der Waals surface area contributed by atoms with Crippen molar-refractivity contribution in [1.82, 2.24) is 4.90 Å². The first-order valence-corrected chi connectivity index (χ1v) is 6.97. The fourth-order valence-electron chi connectivity index (χ4n) is 2.15. The van der Waals surface area contributed by atoms with E-state index in [0.29, 0.717) is 25.2 Å². The van der Waals surface area contributed by atoms with E-state index in [1.807, 2.05) is 18.2 Å². The first-order valence-electron chi connectivity index (χ1n) is 6.60. The summed E-state index contributed by atoms with van der Waals surface area (Å²) in [5, 5.41) is 0.162. The van der Waals surface area contributed by atoms with Crippen molar-refractivity contribution in [2.24, 2.45) is 5.73 Å². The third kappa shape index (κ3) is 4.04. The van der Waals surface area contributed by atoms with Crippen LogP contribution in [0.4, 0.5) is 4.39 Å². The van der Waals surface area contributed by atoms with E-state index in [9.17, 15) is 4.39 Å². The number of nitrogens with zero attached hydrogens (tertiary/aromatic N) is 1. The third-order valence-corrected chi connectivity index (χ3v) is 3.41. The zero-order chi connectivity index (χ0) is 14.4. The molecule has 2 N–H and O–H groups in total. The van der Waals surface area contributed by atoms with Gasteiger partial charge in [-0.15, -0.1) is 0 Å². The monoisotopic (exact) mass is 292 g/mol. The van der Waals surface area contributed by atoms with Gasteiger partial charge in [0.05, 0.1) is 5.02 Å². The lowest BCUT2D eigenvalue weighted by Gasteiger charge is -2.22. The molecule has 2 aromatic carbocycles. The lowest BCUT2D eigenvalue weighted by Crippen LogP contribution is -2.29. The van der Waals surface area contributed by atoms with Crippen LogP contribution < -0.4 is 5.73 Å². The second-order valence-corrected chi connectivity index (χ2v) is 5.11. The molecule has 2 aromatic rings. The van der Waals surface area contributed by atoms with E-state index in [1.54, 1.807) is 18.2 Å². The minimum Gasteiger partial charge on any atom is -0.329 e. The largest absolute Gasteiger partial charge is 0.329 e. The summed E-state index contributed by atoms with van der Waals surface area (Å²) >= 11 is 5.82. The van der Waals surface area contributed by atoms with Crippen LogP contribution in [-0.2, 0) is 13.1 Å². The Labute approximate surface area is 124 Å². The van der Waals surface area contributed by atoms with Gasteiger partial charge >= 0.3 is 0 Å². The smallest absolute Gasteiger partial charge is 0.146 e. The predicted molar refractivity (Wildman–Crippen MR) is 81.0 cm³/mol. The van der Waals surface area contributed by atoms with E-state index in [-0.39, 0.29) is 10.8 Å². The molecule has 0 radical (unpaired) electrons. The molecule has 2 nitrogen and oxygen atoms in total. The lowest BCUT2D eigenvalue weighted by molar-refractivity contribution is 0.260. The maximum absolute atomic E-state index is 14.0. The van der Waals surface area contributed by atoms with Gasteiger partial charge in [-0.3, -0.25) is 4.90 Å². The molecular formula is C16H18ClFN2. The summed E-state index contributed by atoms with van der Waals surface area (Å²) in [4.78, 5) is 2.12. The maximum atomic E-state index is 14.0.